The van der Waals surface area contributed by atoms with Crippen LogP contribution in [0.5, 0.6) is 5.75 Å². The standard InChI is InChI=1S/C28H42N8O2/c1-20-33-27-26(19-36(20)23-7-5-22(6-8-23)31-11-2-10-29)38-25-9-4-21(18-24(25)34-27)28(37)32-12-3-15-35-16-13-30-14-17-35/h4,9,18-19,22-23,30-31H,1-3,5-8,10-17,29H2,(H,32,37)(H,33,34). The van der Waals surface area contributed by atoms with Crippen LogP contribution < -0.4 is 31.7 Å². The quantitative estimate of drug-likeness (QED) is 0.295. The summed E-state index contributed by atoms with van der Waals surface area (Å²) in [7, 11) is 0. The molecule has 0 unspecified atom stereocenters. The van der Waals surface area contributed by atoms with Crippen molar-refractivity contribution >= 4 is 17.4 Å². The molecule has 10 heteroatoms. The fourth-order valence-electron chi connectivity index (χ4n) is 5.60. The first-order valence-electron chi connectivity index (χ1n) is 14.1. The molecule has 1 aromatic carbocycles. The molecule has 2 fully saturated rings. The second-order valence-electron chi connectivity index (χ2n) is 10.5. The number of anilines is 1. The molecule has 3 aliphatic heterocycles. The summed E-state index contributed by atoms with van der Waals surface area (Å²) in [5, 5.41) is 13.4. The van der Waals surface area contributed by atoms with Crippen molar-refractivity contribution in [2.45, 2.75) is 50.6 Å². The van der Waals surface area contributed by atoms with Crippen molar-refractivity contribution < 1.29 is 9.53 Å². The zero-order chi connectivity index (χ0) is 26.3. The average molecular weight is 523 g/mol. The molecule has 0 spiro atoms. The van der Waals surface area contributed by atoms with E-state index in [0.29, 0.717) is 47.4 Å². The lowest BCUT2D eigenvalue weighted by Gasteiger charge is -2.39. The molecule has 1 saturated heterocycles. The molecule has 0 radical (unpaired) electrons. The van der Waals surface area contributed by atoms with Gasteiger partial charge < -0.3 is 41.5 Å². The summed E-state index contributed by atoms with van der Waals surface area (Å²) >= 11 is 0. The Morgan fingerprint density at radius 2 is 1.97 bits per heavy atom. The maximum atomic E-state index is 12.8. The molecule has 1 aromatic rings. The molecular formula is C28H42N8O2. The minimum absolute atomic E-state index is 0.0782. The molecule has 1 amide bonds. The van der Waals surface area contributed by atoms with Crippen LogP contribution in [0.4, 0.5) is 5.69 Å². The second-order valence-corrected chi connectivity index (χ2v) is 10.5. The number of hydrogen-bond acceptors (Lipinski definition) is 9. The lowest BCUT2D eigenvalue weighted by molar-refractivity contribution is 0.0951. The number of amides is 1. The summed E-state index contributed by atoms with van der Waals surface area (Å²) in [4.78, 5) is 22.1. The van der Waals surface area contributed by atoms with Gasteiger partial charge in [-0.05, 0) is 76.4 Å². The van der Waals surface area contributed by atoms with Crippen molar-refractivity contribution in [3.8, 4) is 5.75 Å². The number of aliphatic imine (C=N–C) groups is 1. The highest BCUT2D eigenvalue weighted by Crippen LogP contribution is 2.36. The van der Waals surface area contributed by atoms with Gasteiger partial charge >= 0.3 is 0 Å². The molecule has 6 N–H and O–H groups in total. The summed E-state index contributed by atoms with van der Waals surface area (Å²) in [6, 6.07) is 6.40. The van der Waals surface area contributed by atoms with Gasteiger partial charge in [0.15, 0.2) is 17.3 Å². The van der Waals surface area contributed by atoms with Gasteiger partial charge in [0, 0.05) is 50.4 Å². The Labute approximate surface area is 225 Å². The van der Waals surface area contributed by atoms with E-state index in [-0.39, 0.29) is 5.91 Å². The Kier molecular flexibility index (Phi) is 8.95. The van der Waals surface area contributed by atoms with Crippen LogP contribution >= 0.6 is 0 Å². The van der Waals surface area contributed by atoms with Gasteiger partial charge in [0.05, 0.1) is 11.9 Å². The van der Waals surface area contributed by atoms with Crippen molar-refractivity contribution in [1.29, 1.82) is 0 Å². The highest BCUT2D eigenvalue weighted by atomic mass is 16.5. The summed E-state index contributed by atoms with van der Waals surface area (Å²) in [5.74, 6) is 2.63. The SMILES string of the molecule is C=C1N=C2Nc3cc(C(=O)NCCCN4CCNCC4)ccc3OC2=CN1C1CCC(NCCCN)CC1. The van der Waals surface area contributed by atoms with Crippen LogP contribution in [-0.2, 0) is 0 Å². The Morgan fingerprint density at radius 3 is 2.76 bits per heavy atom. The molecule has 0 aromatic heterocycles. The number of amidine groups is 1. The van der Waals surface area contributed by atoms with Gasteiger partial charge in [-0.15, -0.1) is 0 Å². The van der Waals surface area contributed by atoms with Crippen LogP contribution in [0.3, 0.4) is 0 Å². The monoisotopic (exact) mass is 522 g/mol. The summed E-state index contributed by atoms with van der Waals surface area (Å²) in [5.41, 5.74) is 6.95. The van der Waals surface area contributed by atoms with E-state index in [1.807, 2.05) is 24.4 Å². The zero-order valence-electron chi connectivity index (χ0n) is 22.3. The number of ether oxygens (including phenoxy) is 1. The first kappa shape index (κ1) is 26.7. The van der Waals surface area contributed by atoms with Gasteiger partial charge in [-0.3, -0.25) is 4.79 Å². The number of nitrogens with zero attached hydrogens (tertiary/aromatic N) is 3. The maximum absolute atomic E-state index is 12.8. The molecule has 4 aliphatic rings. The number of rotatable bonds is 10. The molecular weight excluding hydrogens is 480 g/mol. The molecule has 1 saturated carbocycles. The predicted molar refractivity (Wildman–Crippen MR) is 151 cm³/mol. The van der Waals surface area contributed by atoms with E-state index >= 15 is 0 Å². The third-order valence-corrected chi connectivity index (χ3v) is 7.79. The predicted octanol–water partition coefficient (Wildman–Crippen LogP) is 1.79. The number of carbonyl (C=O) groups excluding carboxylic acids is 1. The highest BCUT2D eigenvalue weighted by molar-refractivity contribution is 6.11. The third kappa shape index (κ3) is 6.55. The van der Waals surface area contributed by atoms with E-state index in [0.717, 1.165) is 90.0 Å². The molecule has 5 rings (SSSR count). The molecule has 0 atom stereocenters. The van der Waals surface area contributed by atoms with Crippen molar-refractivity contribution in [3.63, 3.8) is 0 Å². The molecule has 206 valence electrons. The minimum atomic E-state index is -0.0782. The normalized spacial score (nSPS) is 23.4. The van der Waals surface area contributed by atoms with Gasteiger partial charge in [-0.25, -0.2) is 4.99 Å². The molecule has 10 nitrogen and oxygen atoms in total. The molecule has 1 aliphatic carbocycles. The minimum Gasteiger partial charge on any atom is -0.450 e. The van der Waals surface area contributed by atoms with Crippen molar-refractivity contribution in [2.75, 3.05) is 57.7 Å². The first-order chi connectivity index (χ1) is 18.6. The van der Waals surface area contributed by atoms with Crippen LogP contribution in [0.15, 0.2) is 47.6 Å². The number of fused-ring (bicyclic) bond motifs is 2. The number of nitrogens with one attached hydrogen (secondary N) is 4. The maximum Gasteiger partial charge on any atom is 0.251 e. The fraction of sp³-hybridized carbons (Fsp3) is 0.571. The summed E-state index contributed by atoms with van der Waals surface area (Å²) in [6.45, 7) is 11.8. The van der Waals surface area contributed by atoms with Crippen LogP contribution in [0.2, 0.25) is 0 Å². The van der Waals surface area contributed by atoms with Crippen molar-refractivity contribution in [2.24, 2.45) is 10.7 Å². The van der Waals surface area contributed by atoms with Gasteiger partial charge in [0.25, 0.3) is 5.91 Å². The Morgan fingerprint density at radius 1 is 1.16 bits per heavy atom. The summed E-state index contributed by atoms with van der Waals surface area (Å²) in [6.07, 6.45) is 8.38. The van der Waals surface area contributed by atoms with Crippen molar-refractivity contribution in [3.05, 3.63) is 48.1 Å². The number of piperazine rings is 1. The Bertz CT molecular complexity index is 1060. The summed E-state index contributed by atoms with van der Waals surface area (Å²) < 4.78 is 6.21. The van der Waals surface area contributed by atoms with Gasteiger partial charge in [-0.2, -0.15) is 0 Å². The Hall–Kier alpha value is -2.92. The van der Waals surface area contributed by atoms with E-state index in [9.17, 15) is 4.79 Å². The lowest BCUT2D eigenvalue weighted by Crippen LogP contribution is -2.44. The van der Waals surface area contributed by atoms with Crippen LogP contribution in [0.25, 0.3) is 0 Å². The lowest BCUT2D eigenvalue weighted by atomic mass is 9.90. The van der Waals surface area contributed by atoms with Crippen LogP contribution in [-0.4, -0.2) is 86.0 Å². The third-order valence-electron chi connectivity index (χ3n) is 7.79. The number of benzene rings is 1. The van der Waals surface area contributed by atoms with E-state index in [1.54, 1.807) is 0 Å². The zero-order valence-corrected chi connectivity index (χ0v) is 22.3. The molecule has 0 bridgehead atoms. The number of nitrogens with two attached hydrogens (primary N) is 1. The second kappa shape index (κ2) is 12.8. The smallest absolute Gasteiger partial charge is 0.251 e. The van der Waals surface area contributed by atoms with Crippen molar-refractivity contribution in [1.82, 2.24) is 25.8 Å². The van der Waals surface area contributed by atoms with E-state index in [2.05, 4.69) is 37.6 Å². The van der Waals surface area contributed by atoms with E-state index in [4.69, 9.17) is 15.5 Å². The largest absolute Gasteiger partial charge is 0.450 e. The highest BCUT2D eigenvalue weighted by Gasteiger charge is 2.31. The molecule has 38 heavy (non-hydrogen) atoms. The average Bonchev–Trinajstić information content (AvgIpc) is 2.95. The fourth-order valence-corrected chi connectivity index (χ4v) is 5.60. The van der Waals surface area contributed by atoms with Gasteiger partial charge in [0.2, 0.25) is 0 Å². The molecule has 3 heterocycles. The topological polar surface area (TPSA) is 119 Å². The number of carbonyl (C=O) groups is 1. The Balaban J connectivity index is 1.14. The van der Waals surface area contributed by atoms with Crippen LogP contribution in [0, 0.1) is 0 Å². The first-order valence-corrected chi connectivity index (χ1v) is 14.1. The van der Waals surface area contributed by atoms with Crippen LogP contribution in [0.1, 0.15) is 48.9 Å². The van der Waals surface area contributed by atoms with Gasteiger partial charge in [-0.1, -0.05) is 6.58 Å². The number of hydrogen-bond donors (Lipinski definition) is 5. The van der Waals surface area contributed by atoms with E-state index in [1.165, 1.54) is 0 Å². The van der Waals surface area contributed by atoms with E-state index < -0.39 is 0 Å². The van der Waals surface area contributed by atoms with Gasteiger partial charge in [0.1, 0.15) is 5.82 Å².